The Labute approximate surface area is 253 Å². The van der Waals surface area contributed by atoms with Gasteiger partial charge in [0.05, 0.1) is 11.0 Å². The van der Waals surface area contributed by atoms with Crippen molar-refractivity contribution in [2.24, 2.45) is 7.05 Å². The molecule has 1 aliphatic rings. The molecule has 0 atom stereocenters. The van der Waals surface area contributed by atoms with E-state index in [4.69, 9.17) is 9.72 Å². The van der Waals surface area contributed by atoms with Crippen molar-refractivity contribution in [1.82, 2.24) is 29.7 Å². The molecule has 2 amide bonds. The van der Waals surface area contributed by atoms with Crippen LogP contribution >= 0.6 is 0 Å². The van der Waals surface area contributed by atoms with Crippen LogP contribution in [0.15, 0.2) is 73.1 Å². The number of carbonyl (C=O) groups is 2. The predicted molar refractivity (Wildman–Crippen MR) is 165 cm³/mol. The molecule has 1 fully saturated rings. The Kier molecular flexibility index (Phi) is 8.18. The number of anilines is 2. The third-order valence-electron chi connectivity index (χ3n) is 7.65. The van der Waals surface area contributed by atoms with Crippen LogP contribution in [-0.2, 0) is 11.8 Å². The first kappa shape index (κ1) is 28.8. The third-order valence-corrected chi connectivity index (χ3v) is 7.65. The van der Waals surface area contributed by atoms with E-state index >= 15 is 0 Å². The van der Waals surface area contributed by atoms with Crippen molar-refractivity contribution in [1.29, 1.82) is 0 Å². The van der Waals surface area contributed by atoms with E-state index in [1.807, 2.05) is 59.8 Å². The highest BCUT2D eigenvalue weighted by atomic mass is 19.1. The highest BCUT2D eigenvalue weighted by Gasteiger charge is 2.19. The molecule has 5 aromatic rings. The summed E-state index contributed by atoms with van der Waals surface area (Å²) in [5, 5.41) is 6.24. The first-order chi connectivity index (χ1) is 21.3. The summed E-state index contributed by atoms with van der Waals surface area (Å²) in [6.45, 7) is 3.86. The first-order valence-electron chi connectivity index (χ1n) is 14.5. The summed E-state index contributed by atoms with van der Waals surface area (Å²) in [7, 11) is 1.92. The van der Waals surface area contributed by atoms with Crippen LogP contribution in [0.3, 0.4) is 0 Å². The largest absolute Gasteiger partial charge is 0.457 e. The standard InChI is InChI=1S/C33H32FN7O3/c1-21-6-7-23(18-26(21)22-10-13-36-30(34)17-22)38-33-39-27-19-24(8-9-29(27)40(33)2)44-25-11-14-35-28(20-25)32(43)37-12-4-16-41-15-3-5-31(41)42/h6-11,13-14,17-20H,3-5,12,15-16H2,1-2H3,(H,37,43)(H,38,39). The molecule has 6 rings (SSSR count). The van der Waals surface area contributed by atoms with Crippen LogP contribution in [0.1, 0.15) is 35.3 Å². The predicted octanol–water partition coefficient (Wildman–Crippen LogP) is 5.76. The Morgan fingerprint density at radius 3 is 2.68 bits per heavy atom. The lowest BCUT2D eigenvalue weighted by atomic mass is 10.0. The van der Waals surface area contributed by atoms with E-state index in [1.165, 1.54) is 18.5 Å². The van der Waals surface area contributed by atoms with Crippen LogP contribution in [0.5, 0.6) is 11.5 Å². The first-order valence-corrected chi connectivity index (χ1v) is 14.5. The minimum Gasteiger partial charge on any atom is -0.457 e. The van der Waals surface area contributed by atoms with E-state index < -0.39 is 5.95 Å². The Balaban J connectivity index is 1.12. The fourth-order valence-electron chi connectivity index (χ4n) is 5.30. The Hall–Kier alpha value is -5.32. The number of nitrogens with zero attached hydrogens (tertiary/aromatic N) is 5. The summed E-state index contributed by atoms with van der Waals surface area (Å²) in [5.74, 6) is 1.02. The molecule has 44 heavy (non-hydrogen) atoms. The summed E-state index contributed by atoms with van der Waals surface area (Å²) in [6.07, 6.45) is 5.19. The van der Waals surface area contributed by atoms with Gasteiger partial charge >= 0.3 is 0 Å². The summed E-state index contributed by atoms with van der Waals surface area (Å²) < 4.78 is 21.8. The van der Waals surface area contributed by atoms with E-state index in [9.17, 15) is 14.0 Å². The minimum absolute atomic E-state index is 0.180. The van der Waals surface area contributed by atoms with Gasteiger partial charge in [0.1, 0.15) is 17.2 Å². The van der Waals surface area contributed by atoms with Crippen LogP contribution < -0.4 is 15.4 Å². The number of carbonyl (C=O) groups excluding carboxylic acids is 2. The van der Waals surface area contributed by atoms with Crippen LogP contribution in [0, 0.1) is 12.9 Å². The molecular formula is C33H32FN7O3. The molecule has 3 aromatic heterocycles. The van der Waals surface area contributed by atoms with Gasteiger partial charge in [-0.2, -0.15) is 4.39 Å². The number of aromatic nitrogens is 4. The van der Waals surface area contributed by atoms with Crippen molar-refractivity contribution in [2.45, 2.75) is 26.2 Å². The number of halogens is 1. The normalized spacial score (nSPS) is 13.0. The maximum atomic E-state index is 13.8. The lowest BCUT2D eigenvalue weighted by Crippen LogP contribution is -2.30. The second-order valence-electron chi connectivity index (χ2n) is 10.7. The van der Waals surface area contributed by atoms with Gasteiger partial charge in [0.25, 0.3) is 5.91 Å². The summed E-state index contributed by atoms with van der Waals surface area (Å²) in [6, 6.07) is 18.0. The Morgan fingerprint density at radius 2 is 1.86 bits per heavy atom. The molecule has 0 spiro atoms. The summed E-state index contributed by atoms with van der Waals surface area (Å²) >= 11 is 0. The molecule has 0 unspecified atom stereocenters. The number of rotatable bonds is 10. The molecule has 0 aliphatic carbocycles. The third kappa shape index (κ3) is 6.36. The van der Waals surface area contributed by atoms with Crippen LogP contribution in [0.25, 0.3) is 22.2 Å². The number of pyridine rings is 2. The van der Waals surface area contributed by atoms with E-state index in [0.717, 1.165) is 46.4 Å². The van der Waals surface area contributed by atoms with Gasteiger partial charge in [0, 0.05) is 69.4 Å². The van der Waals surface area contributed by atoms with Crippen LogP contribution in [-0.4, -0.2) is 55.9 Å². The van der Waals surface area contributed by atoms with Crippen molar-refractivity contribution in [2.75, 3.05) is 25.0 Å². The molecule has 4 heterocycles. The quantitative estimate of drug-likeness (QED) is 0.156. The van der Waals surface area contributed by atoms with Crippen LogP contribution in [0.2, 0.25) is 0 Å². The molecule has 2 aromatic carbocycles. The van der Waals surface area contributed by atoms with Crippen molar-refractivity contribution in [3.05, 3.63) is 90.3 Å². The zero-order chi connectivity index (χ0) is 30.6. The average Bonchev–Trinajstić information content (AvgIpc) is 3.57. The second kappa shape index (κ2) is 12.5. The molecule has 1 saturated heterocycles. The monoisotopic (exact) mass is 593 g/mol. The number of fused-ring (bicyclic) bond motifs is 1. The lowest BCUT2D eigenvalue weighted by Gasteiger charge is -2.15. The Morgan fingerprint density at radius 1 is 1.02 bits per heavy atom. The maximum Gasteiger partial charge on any atom is 0.270 e. The SMILES string of the molecule is Cc1ccc(Nc2nc3cc(Oc4ccnc(C(=O)NCCCN5CCCC5=O)c4)ccc3n2C)cc1-c1ccnc(F)c1. The molecule has 2 N–H and O–H groups in total. The van der Waals surface area contributed by atoms with Crippen molar-refractivity contribution in [3.63, 3.8) is 0 Å². The number of aryl methyl sites for hydroxylation is 2. The number of amides is 2. The smallest absolute Gasteiger partial charge is 0.270 e. The molecule has 10 nitrogen and oxygen atoms in total. The van der Waals surface area contributed by atoms with Gasteiger partial charge in [-0.1, -0.05) is 6.07 Å². The van der Waals surface area contributed by atoms with Crippen molar-refractivity contribution < 1.29 is 18.7 Å². The van der Waals surface area contributed by atoms with E-state index in [-0.39, 0.29) is 17.5 Å². The molecular weight excluding hydrogens is 561 g/mol. The number of hydrogen-bond donors (Lipinski definition) is 2. The zero-order valence-electron chi connectivity index (χ0n) is 24.5. The van der Waals surface area contributed by atoms with Gasteiger partial charge in [-0.05, 0) is 72.9 Å². The van der Waals surface area contributed by atoms with Gasteiger partial charge in [-0.15, -0.1) is 0 Å². The molecule has 0 radical (unpaired) electrons. The van der Waals surface area contributed by atoms with E-state index in [1.54, 1.807) is 18.2 Å². The second-order valence-corrected chi connectivity index (χ2v) is 10.7. The molecule has 11 heteroatoms. The number of ether oxygens (including phenoxy) is 1. The van der Waals surface area contributed by atoms with Gasteiger partial charge in [0.2, 0.25) is 17.8 Å². The summed E-state index contributed by atoms with van der Waals surface area (Å²) in [4.78, 5) is 38.9. The minimum atomic E-state index is -0.525. The zero-order valence-corrected chi connectivity index (χ0v) is 24.5. The number of imidazole rings is 1. The maximum absolute atomic E-state index is 13.8. The summed E-state index contributed by atoms with van der Waals surface area (Å²) in [5.41, 5.74) is 5.34. The fraction of sp³-hybridized carbons (Fsp3) is 0.242. The Bertz CT molecular complexity index is 1860. The van der Waals surface area contributed by atoms with Gasteiger partial charge in [0.15, 0.2) is 0 Å². The van der Waals surface area contributed by atoms with Crippen molar-refractivity contribution in [3.8, 4) is 22.6 Å². The van der Waals surface area contributed by atoms with Gasteiger partial charge < -0.3 is 24.8 Å². The number of hydrogen-bond acceptors (Lipinski definition) is 7. The highest BCUT2D eigenvalue weighted by molar-refractivity contribution is 5.92. The number of nitrogens with one attached hydrogen (secondary N) is 2. The van der Waals surface area contributed by atoms with Crippen LogP contribution in [0.4, 0.5) is 16.0 Å². The van der Waals surface area contributed by atoms with E-state index in [2.05, 4.69) is 20.6 Å². The number of likely N-dealkylation sites (tertiary alicyclic amines) is 1. The molecule has 0 saturated carbocycles. The van der Waals surface area contributed by atoms with E-state index in [0.29, 0.717) is 43.4 Å². The average molecular weight is 594 g/mol. The topological polar surface area (TPSA) is 114 Å². The number of benzene rings is 2. The van der Waals surface area contributed by atoms with Gasteiger partial charge in [-0.3, -0.25) is 14.6 Å². The lowest BCUT2D eigenvalue weighted by molar-refractivity contribution is -0.127. The molecule has 0 bridgehead atoms. The van der Waals surface area contributed by atoms with Crippen molar-refractivity contribution >= 4 is 34.5 Å². The molecule has 224 valence electrons. The molecule has 1 aliphatic heterocycles. The highest BCUT2D eigenvalue weighted by Crippen LogP contribution is 2.31. The fourth-order valence-corrected chi connectivity index (χ4v) is 5.30. The van der Waals surface area contributed by atoms with Gasteiger partial charge in [-0.25, -0.2) is 9.97 Å².